The first kappa shape index (κ1) is 20.8. The topological polar surface area (TPSA) is 50.2 Å². The lowest BCUT2D eigenvalue weighted by molar-refractivity contribution is 0.462. The molecule has 1 aliphatic carbocycles. The van der Waals surface area contributed by atoms with Crippen molar-refractivity contribution in [2.24, 2.45) is 4.99 Å². The van der Waals surface area contributed by atoms with E-state index in [0.29, 0.717) is 39.9 Å². The number of nitrogens with zero attached hydrogens (tertiary/aromatic N) is 3. The highest BCUT2D eigenvalue weighted by molar-refractivity contribution is 5.94. The number of allylic oxidation sites excluding steroid dienone is 2. The van der Waals surface area contributed by atoms with Crippen LogP contribution in [0.25, 0.3) is 27.6 Å². The zero-order valence-electron chi connectivity index (χ0n) is 17.2. The fraction of sp³-hybridized carbons (Fsp3) is 0.240. The average Bonchev–Trinajstić information content (AvgIpc) is 2.78. The third-order valence-corrected chi connectivity index (χ3v) is 5.59. The van der Waals surface area contributed by atoms with Gasteiger partial charge in [0.15, 0.2) is 5.82 Å². The minimum atomic E-state index is -0.604. The maximum absolute atomic E-state index is 14.4. The van der Waals surface area contributed by atoms with Crippen molar-refractivity contribution in [3.05, 3.63) is 72.7 Å². The minimum absolute atomic E-state index is 0.319. The molecular formula is C25H24F2N4. The molecule has 2 aromatic carbocycles. The Labute approximate surface area is 180 Å². The fourth-order valence-corrected chi connectivity index (χ4v) is 4.00. The van der Waals surface area contributed by atoms with Crippen LogP contribution < -0.4 is 5.32 Å². The molecule has 0 saturated heterocycles. The molecule has 1 aromatic heterocycles. The molecule has 31 heavy (non-hydrogen) atoms. The first-order valence-corrected chi connectivity index (χ1v) is 10.4. The van der Waals surface area contributed by atoms with Gasteiger partial charge in [-0.1, -0.05) is 38.0 Å². The smallest absolute Gasteiger partial charge is 0.163 e. The van der Waals surface area contributed by atoms with Crippen molar-refractivity contribution in [1.82, 2.24) is 9.97 Å². The summed E-state index contributed by atoms with van der Waals surface area (Å²) in [4.78, 5) is 13.2. The SMILES string of the molecule is C=C/C(=C\N=C)c1nc(NC2CCCCC2)c2cc(-c3ccc(F)cc3F)ccc2n1. The van der Waals surface area contributed by atoms with Crippen molar-refractivity contribution < 1.29 is 8.78 Å². The van der Waals surface area contributed by atoms with E-state index in [1.807, 2.05) is 12.1 Å². The number of hydrogen-bond acceptors (Lipinski definition) is 4. The molecule has 0 spiro atoms. The second-order valence-electron chi connectivity index (χ2n) is 7.70. The van der Waals surface area contributed by atoms with Crippen molar-refractivity contribution in [1.29, 1.82) is 0 Å². The van der Waals surface area contributed by atoms with Gasteiger partial charge in [-0.2, -0.15) is 0 Å². The number of nitrogens with one attached hydrogen (secondary N) is 1. The Bertz CT molecular complexity index is 1160. The average molecular weight is 418 g/mol. The van der Waals surface area contributed by atoms with Crippen LogP contribution in [-0.2, 0) is 0 Å². The van der Waals surface area contributed by atoms with Crippen LogP contribution in [0, 0.1) is 11.6 Å². The van der Waals surface area contributed by atoms with Gasteiger partial charge in [-0.05, 0) is 49.4 Å². The molecule has 4 nitrogen and oxygen atoms in total. The molecule has 1 saturated carbocycles. The van der Waals surface area contributed by atoms with Crippen LogP contribution in [0.5, 0.6) is 0 Å². The molecular weight excluding hydrogens is 394 g/mol. The number of aromatic nitrogens is 2. The number of benzene rings is 2. The molecule has 0 radical (unpaired) electrons. The number of anilines is 1. The predicted octanol–water partition coefficient (Wildman–Crippen LogP) is 6.55. The monoisotopic (exact) mass is 418 g/mol. The van der Waals surface area contributed by atoms with Gasteiger partial charge in [0.05, 0.1) is 5.52 Å². The second kappa shape index (κ2) is 9.16. The van der Waals surface area contributed by atoms with E-state index in [-0.39, 0.29) is 0 Å². The number of aliphatic imine (C=N–C) groups is 1. The Hall–Kier alpha value is -3.41. The fourth-order valence-electron chi connectivity index (χ4n) is 4.00. The van der Waals surface area contributed by atoms with Gasteiger partial charge in [0, 0.05) is 34.8 Å². The third-order valence-electron chi connectivity index (χ3n) is 5.59. The molecule has 1 heterocycles. The van der Waals surface area contributed by atoms with E-state index in [4.69, 9.17) is 4.98 Å². The van der Waals surface area contributed by atoms with Crippen molar-refractivity contribution >= 4 is 29.0 Å². The highest BCUT2D eigenvalue weighted by Gasteiger charge is 2.18. The van der Waals surface area contributed by atoms with E-state index in [2.05, 4.69) is 28.6 Å². The second-order valence-corrected chi connectivity index (χ2v) is 7.70. The molecule has 0 atom stereocenters. The summed E-state index contributed by atoms with van der Waals surface area (Å²) in [7, 11) is 0. The molecule has 0 amide bonds. The Morgan fingerprint density at radius 1 is 1.06 bits per heavy atom. The maximum Gasteiger partial charge on any atom is 0.163 e. The van der Waals surface area contributed by atoms with Crippen LogP contribution >= 0.6 is 0 Å². The molecule has 1 fully saturated rings. The lowest BCUT2D eigenvalue weighted by Crippen LogP contribution is -2.23. The van der Waals surface area contributed by atoms with Gasteiger partial charge in [0.2, 0.25) is 0 Å². The highest BCUT2D eigenvalue weighted by atomic mass is 19.1. The van der Waals surface area contributed by atoms with Crippen LogP contribution in [0.4, 0.5) is 14.6 Å². The zero-order valence-corrected chi connectivity index (χ0v) is 17.2. The number of rotatable bonds is 6. The Kier molecular flexibility index (Phi) is 6.16. The van der Waals surface area contributed by atoms with Crippen molar-refractivity contribution in [2.45, 2.75) is 38.1 Å². The normalized spacial score (nSPS) is 15.1. The van der Waals surface area contributed by atoms with Gasteiger partial charge in [-0.25, -0.2) is 18.7 Å². The summed E-state index contributed by atoms with van der Waals surface area (Å²) in [5, 5.41) is 4.36. The molecule has 0 aliphatic heterocycles. The lowest BCUT2D eigenvalue weighted by atomic mass is 9.95. The van der Waals surface area contributed by atoms with Gasteiger partial charge >= 0.3 is 0 Å². The highest BCUT2D eigenvalue weighted by Crippen LogP contribution is 2.32. The van der Waals surface area contributed by atoms with Crippen molar-refractivity contribution in [2.75, 3.05) is 5.32 Å². The van der Waals surface area contributed by atoms with E-state index in [1.54, 1.807) is 18.3 Å². The predicted molar refractivity (Wildman–Crippen MR) is 123 cm³/mol. The van der Waals surface area contributed by atoms with Crippen LogP contribution in [0.15, 0.2) is 60.2 Å². The Morgan fingerprint density at radius 3 is 2.58 bits per heavy atom. The first-order valence-electron chi connectivity index (χ1n) is 10.4. The Morgan fingerprint density at radius 2 is 1.87 bits per heavy atom. The summed E-state index contributed by atoms with van der Waals surface area (Å²) in [6.07, 6.45) is 8.96. The summed E-state index contributed by atoms with van der Waals surface area (Å²) >= 11 is 0. The summed E-state index contributed by atoms with van der Waals surface area (Å²) in [6.45, 7) is 7.33. The molecule has 0 unspecified atom stereocenters. The zero-order chi connectivity index (χ0) is 21.8. The lowest BCUT2D eigenvalue weighted by Gasteiger charge is -2.24. The summed E-state index contributed by atoms with van der Waals surface area (Å²) in [5.74, 6) is -0.0242. The van der Waals surface area contributed by atoms with Gasteiger partial charge < -0.3 is 5.32 Å². The van der Waals surface area contributed by atoms with Crippen LogP contribution in [0.2, 0.25) is 0 Å². The van der Waals surface area contributed by atoms with E-state index in [1.165, 1.54) is 31.4 Å². The molecule has 1 N–H and O–H groups in total. The van der Waals surface area contributed by atoms with Gasteiger partial charge in [0.25, 0.3) is 0 Å². The molecule has 6 heteroatoms. The third kappa shape index (κ3) is 4.53. The first-order chi connectivity index (χ1) is 15.1. The summed E-state index contributed by atoms with van der Waals surface area (Å²) in [5.41, 5.74) is 2.35. The van der Waals surface area contributed by atoms with Crippen LogP contribution in [0.3, 0.4) is 0 Å². The molecule has 3 aromatic rings. The summed E-state index contributed by atoms with van der Waals surface area (Å²) in [6, 6.07) is 9.37. The number of fused-ring (bicyclic) bond motifs is 1. The minimum Gasteiger partial charge on any atom is -0.367 e. The van der Waals surface area contributed by atoms with Gasteiger partial charge in [-0.15, -0.1) is 0 Å². The van der Waals surface area contributed by atoms with Crippen molar-refractivity contribution in [3.63, 3.8) is 0 Å². The Balaban J connectivity index is 1.85. The van der Waals surface area contributed by atoms with E-state index >= 15 is 0 Å². The van der Waals surface area contributed by atoms with Gasteiger partial charge in [0.1, 0.15) is 17.5 Å². The maximum atomic E-state index is 14.4. The van der Waals surface area contributed by atoms with Gasteiger partial charge in [-0.3, -0.25) is 4.99 Å². The summed E-state index contributed by atoms with van der Waals surface area (Å²) < 4.78 is 27.8. The standard InChI is InChI=1S/C25H24F2N4/c1-3-16(15-28-2)24-30-23-12-9-17(20-11-10-18(26)14-22(20)27)13-21(23)25(31-24)29-19-7-5-4-6-8-19/h3,9-15,19H,1-2,4-8H2,(H,29,30,31)/b16-15+. The largest absolute Gasteiger partial charge is 0.367 e. The van der Waals surface area contributed by atoms with E-state index < -0.39 is 11.6 Å². The number of hydrogen-bond donors (Lipinski definition) is 1. The molecule has 0 bridgehead atoms. The van der Waals surface area contributed by atoms with Crippen molar-refractivity contribution in [3.8, 4) is 11.1 Å². The quantitative estimate of drug-likeness (QED) is 0.365. The van der Waals surface area contributed by atoms with Crippen LogP contribution in [0.1, 0.15) is 37.9 Å². The van der Waals surface area contributed by atoms with E-state index in [9.17, 15) is 8.78 Å². The molecule has 1 aliphatic rings. The number of halogens is 2. The molecule has 158 valence electrons. The molecule has 4 rings (SSSR count). The van der Waals surface area contributed by atoms with Crippen LogP contribution in [-0.4, -0.2) is 22.7 Å². The van der Waals surface area contributed by atoms with E-state index in [0.717, 1.165) is 24.3 Å².